The van der Waals surface area contributed by atoms with E-state index >= 15 is 0 Å². The van der Waals surface area contributed by atoms with E-state index in [0.717, 1.165) is 5.69 Å². The number of amides is 2. The number of hydrogen-bond donors (Lipinski definition) is 1. The highest BCUT2D eigenvalue weighted by atomic mass is 16.2. The molecule has 4 rings (SSSR count). The molecule has 2 aliphatic rings. The van der Waals surface area contributed by atoms with Crippen molar-refractivity contribution in [2.45, 2.75) is 25.4 Å². The first-order valence-electron chi connectivity index (χ1n) is 8.73. The summed E-state index contributed by atoms with van der Waals surface area (Å²) in [6.07, 6.45) is 5.67. The van der Waals surface area contributed by atoms with Crippen molar-refractivity contribution in [3.8, 4) is 6.07 Å². The van der Waals surface area contributed by atoms with Crippen LogP contribution in [0.25, 0.3) is 0 Å². The molecule has 132 valence electrons. The number of benzene rings is 1. The number of carbonyl (C=O) groups excluding carboxylic acids is 2. The van der Waals surface area contributed by atoms with Crippen LogP contribution in [0, 0.1) is 17.2 Å². The number of imidazole rings is 1. The molecule has 7 heteroatoms. The molecular weight excluding hydrogens is 330 g/mol. The summed E-state index contributed by atoms with van der Waals surface area (Å²) in [5, 5.41) is 12.0. The number of carbonyl (C=O) groups is 2. The SMILES string of the molecule is N#Cc1cccc(C(=O)N2Cc3cncn3[C@H](C(=O)NCC3CC3)C2)c1. The van der Waals surface area contributed by atoms with Crippen LogP contribution in [0.15, 0.2) is 36.8 Å². The molecule has 0 unspecified atom stereocenters. The number of rotatable bonds is 4. The standard InChI is InChI=1S/C19H19N5O2/c20-7-14-2-1-3-15(6-14)19(26)23-10-16-9-21-12-24(16)17(11-23)18(25)22-8-13-4-5-13/h1-3,6,9,12-13,17H,4-5,8,10-11H2,(H,22,25)/t17-/m0/s1. The Balaban J connectivity index is 1.55. The molecular formula is C19H19N5O2. The van der Waals surface area contributed by atoms with Crippen molar-refractivity contribution in [3.05, 3.63) is 53.6 Å². The van der Waals surface area contributed by atoms with Gasteiger partial charge in [-0.15, -0.1) is 0 Å². The van der Waals surface area contributed by atoms with Gasteiger partial charge in [-0.05, 0) is 37.0 Å². The lowest BCUT2D eigenvalue weighted by atomic mass is 10.1. The van der Waals surface area contributed by atoms with Gasteiger partial charge in [0.15, 0.2) is 0 Å². The van der Waals surface area contributed by atoms with Crippen LogP contribution in [0.4, 0.5) is 0 Å². The number of fused-ring (bicyclic) bond motifs is 1. The minimum absolute atomic E-state index is 0.0839. The fourth-order valence-electron chi connectivity index (χ4n) is 3.24. The van der Waals surface area contributed by atoms with E-state index in [1.807, 2.05) is 10.6 Å². The fourth-order valence-corrected chi connectivity index (χ4v) is 3.24. The predicted octanol–water partition coefficient (Wildman–Crippen LogP) is 1.48. The molecule has 0 radical (unpaired) electrons. The second kappa shape index (κ2) is 6.64. The van der Waals surface area contributed by atoms with Crippen LogP contribution in [0.1, 0.15) is 40.5 Å². The molecule has 1 aromatic carbocycles. The van der Waals surface area contributed by atoms with Crippen molar-refractivity contribution in [1.29, 1.82) is 5.26 Å². The van der Waals surface area contributed by atoms with Gasteiger partial charge in [0.2, 0.25) is 5.91 Å². The van der Waals surface area contributed by atoms with Crippen LogP contribution in [-0.4, -0.2) is 39.4 Å². The fraction of sp³-hybridized carbons (Fsp3) is 0.368. The molecule has 2 aromatic rings. The summed E-state index contributed by atoms with van der Waals surface area (Å²) in [6.45, 7) is 1.37. The van der Waals surface area contributed by atoms with Gasteiger partial charge in [0.1, 0.15) is 6.04 Å². The number of aromatic nitrogens is 2. The smallest absolute Gasteiger partial charge is 0.254 e. The lowest BCUT2D eigenvalue weighted by molar-refractivity contribution is -0.125. The first-order chi connectivity index (χ1) is 12.7. The molecule has 0 bridgehead atoms. The largest absolute Gasteiger partial charge is 0.354 e. The Kier molecular flexibility index (Phi) is 4.17. The van der Waals surface area contributed by atoms with E-state index in [4.69, 9.17) is 5.26 Å². The third kappa shape index (κ3) is 3.18. The lowest BCUT2D eigenvalue weighted by Crippen LogP contribution is -2.46. The quantitative estimate of drug-likeness (QED) is 0.905. The van der Waals surface area contributed by atoms with Crippen LogP contribution in [-0.2, 0) is 11.3 Å². The van der Waals surface area contributed by atoms with Crippen LogP contribution in [0.3, 0.4) is 0 Å². The van der Waals surface area contributed by atoms with E-state index in [-0.39, 0.29) is 18.4 Å². The van der Waals surface area contributed by atoms with E-state index in [1.165, 1.54) is 12.8 Å². The molecule has 0 saturated heterocycles. The molecule has 26 heavy (non-hydrogen) atoms. The number of nitrogens with zero attached hydrogens (tertiary/aromatic N) is 4. The third-order valence-electron chi connectivity index (χ3n) is 4.92. The van der Waals surface area contributed by atoms with Gasteiger partial charge >= 0.3 is 0 Å². The van der Waals surface area contributed by atoms with Crippen molar-refractivity contribution in [2.75, 3.05) is 13.1 Å². The average molecular weight is 349 g/mol. The highest BCUT2D eigenvalue weighted by Gasteiger charge is 2.33. The van der Waals surface area contributed by atoms with Crippen molar-refractivity contribution < 1.29 is 9.59 Å². The molecule has 1 saturated carbocycles. The van der Waals surface area contributed by atoms with E-state index in [1.54, 1.807) is 41.7 Å². The van der Waals surface area contributed by atoms with Crippen molar-refractivity contribution in [2.24, 2.45) is 5.92 Å². The minimum Gasteiger partial charge on any atom is -0.354 e. The van der Waals surface area contributed by atoms with Crippen molar-refractivity contribution >= 4 is 11.8 Å². The molecule has 7 nitrogen and oxygen atoms in total. The zero-order valence-electron chi connectivity index (χ0n) is 14.3. The van der Waals surface area contributed by atoms with E-state index in [9.17, 15) is 9.59 Å². The van der Waals surface area contributed by atoms with Crippen molar-refractivity contribution in [1.82, 2.24) is 19.8 Å². The van der Waals surface area contributed by atoms with Crippen LogP contribution < -0.4 is 5.32 Å². The molecule has 1 aromatic heterocycles. The van der Waals surface area contributed by atoms with Gasteiger partial charge in [0.05, 0.1) is 36.7 Å². The molecule has 1 atom stereocenters. The highest BCUT2D eigenvalue weighted by molar-refractivity contribution is 5.95. The number of nitriles is 1. The van der Waals surface area contributed by atoms with E-state index in [2.05, 4.69) is 10.3 Å². The van der Waals surface area contributed by atoms with Gasteiger partial charge in [-0.2, -0.15) is 5.26 Å². The Morgan fingerprint density at radius 1 is 1.35 bits per heavy atom. The third-order valence-corrected chi connectivity index (χ3v) is 4.92. The summed E-state index contributed by atoms with van der Waals surface area (Å²) in [5.74, 6) is 0.324. The topological polar surface area (TPSA) is 91.0 Å². The van der Waals surface area contributed by atoms with Crippen LogP contribution in [0.2, 0.25) is 0 Å². The summed E-state index contributed by atoms with van der Waals surface area (Å²) in [5.41, 5.74) is 1.72. The Hall–Kier alpha value is -3.14. The Morgan fingerprint density at radius 2 is 2.19 bits per heavy atom. The minimum atomic E-state index is -0.483. The van der Waals surface area contributed by atoms with E-state index in [0.29, 0.717) is 30.1 Å². The summed E-state index contributed by atoms with van der Waals surface area (Å²) in [7, 11) is 0. The van der Waals surface area contributed by atoms with Gasteiger partial charge in [-0.25, -0.2) is 4.98 Å². The Morgan fingerprint density at radius 3 is 2.96 bits per heavy atom. The molecule has 1 N–H and O–H groups in total. The zero-order valence-corrected chi connectivity index (χ0v) is 14.3. The van der Waals surface area contributed by atoms with Crippen LogP contribution in [0.5, 0.6) is 0 Å². The normalized spacial score (nSPS) is 18.7. The highest BCUT2D eigenvalue weighted by Crippen LogP contribution is 2.28. The second-order valence-corrected chi connectivity index (χ2v) is 6.87. The molecule has 0 spiro atoms. The maximum atomic E-state index is 12.9. The first-order valence-corrected chi connectivity index (χ1v) is 8.73. The monoisotopic (exact) mass is 349 g/mol. The molecule has 1 aliphatic heterocycles. The summed E-state index contributed by atoms with van der Waals surface area (Å²) in [4.78, 5) is 31.3. The van der Waals surface area contributed by atoms with Gasteiger partial charge in [0.25, 0.3) is 5.91 Å². The Labute approximate surface area is 151 Å². The predicted molar refractivity (Wildman–Crippen MR) is 92.9 cm³/mol. The summed E-state index contributed by atoms with van der Waals surface area (Å²) < 4.78 is 1.84. The molecule has 1 aliphatic carbocycles. The number of nitrogens with one attached hydrogen (secondary N) is 1. The maximum absolute atomic E-state index is 12.9. The van der Waals surface area contributed by atoms with E-state index < -0.39 is 6.04 Å². The second-order valence-electron chi connectivity index (χ2n) is 6.87. The van der Waals surface area contributed by atoms with Gasteiger partial charge in [-0.1, -0.05) is 6.07 Å². The van der Waals surface area contributed by atoms with Crippen molar-refractivity contribution in [3.63, 3.8) is 0 Å². The summed E-state index contributed by atoms with van der Waals surface area (Å²) in [6, 6.07) is 8.19. The molecule has 1 fully saturated rings. The zero-order chi connectivity index (χ0) is 18.1. The van der Waals surface area contributed by atoms with Gasteiger partial charge in [0, 0.05) is 18.3 Å². The summed E-state index contributed by atoms with van der Waals surface area (Å²) >= 11 is 0. The Bertz CT molecular complexity index is 893. The van der Waals surface area contributed by atoms with Gasteiger partial charge in [-0.3, -0.25) is 9.59 Å². The first kappa shape index (κ1) is 16.3. The number of hydrogen-bond acceptors (Lipinski definition) is 4. The average Bonchev–Trinajstić information content (AvgIpc) is 3.39. The van der Waals surface area contributed by atoms with Gasteiger partial charge < -0.3 is 14.8 Å². The molecule has 2 heterocycles. The van der Waals surface area contributed by atoms with Crippen LogP contribution >= 0.6 is 0 Å². The maximum Gasteiger partial charge on any atom is 0.254 e. The molecule has 2 amide bonds. The lowest BCUT2D eigenvalue weighted by Gasteiger charge is -2.33.